The maximum Gasteiger partial charge on any atom is 0.0562 e. The van der Waals surface area contributed by atoms with Crippen LogP contribution >= 0.6 is 0 Å². The van der Waals surface area contributed by atoms with Crippen LogP contribution in [0.2, 0.25) is 0 Å². The number of para-hydroxylation sites is 1. The molecule has 0 N–H and O–H groups in total. The molecular weight excluding hydrogens is 617 g/mol. The first kappa shape index (κ1) is 29.5. The predicted octanol–water partition coefficient (Wildman–Crippen LogP) is 13.4. The van der Waals surface area contributed by atoms with Crippen LogP contribution in [-0.2, 0) is 5.41 Å². The molecule has 1 heterocycles. The molecule has 1 aliphatic rings. The van der Waals surface area contributed by atoms with Crippen molar-refractivity contribution in [2.24, 2.45) is 0 Å². The Bertz CT molecular complexity index is 2770. The van der Waals surface area contributed by atoms with Gasteiger partial charge in [0.2, 0.25) is 0 Å². The molecule has 0 amide bonds. The Kier molecular flexibility index (Phi) is 6.56. The smallest absolute Gasteiger partial charge is 0.0562 e. The SMILES string of the molecule is CC1(C)c2ccccc2-c2cc(N(c3cccc(-c4ccccc4)c3)c3ccc4c5c6ccccc6ccc5n(-c5ccccc5)c4c3)ccc21. The summed E-state index contributed by atoms with van der Waals surface area (Å²) < 4.78 is 2.43. The number of aromatic nitrogens is 1. The van der Waals surface area contributed by atoms with Gasteiger partial charge in [0.05, 0.1) is 11.0 Å². The van der Waals surface area contributed by atoms with Crippen molar-refractivity contribution in [2.45, 2.75) is 19.3 Å². The van der Waals surface area contributed by atoms with Crippen LogP contribution in [0.25, 0.3) is 60.5 Å². The van der Waals surface area contributed by atoms with E-state index < -0.39 is 0 Å². The third-order valence-corrected chi connectivity index (χ3v) is 10.9. The second kappa shape index (κ2) is 11.3. The van der Waals surface area contributed by atoms with Crippen molar-refractivity contribution in [3.63, 3.8) is 0 Å². The zero-order valence-corrected chi connectivity index (χ0v) is 28.7. The molecule has 10 rings (SSSR count). The van der Waals surface area contributed by atoms with Gasteiger partial charge in [0.25, 0.3) is 0 Å². The van der Waals surface area contributed by atoms with E-state index in [1.807, 2.05) is 0 Å². The lowest BCUT2D eigenvalue weighted by molar-refractivity contribution is 0.660. The summed E-state index contributed by atoms with van der Waals surface area (Å²) in [6, 6.07) is 66.7. The van der Waals surface area contributed by atoms with Gasteiger partial charge in [-0.05, 0) is 98.8 Å². The molecule has 0 saturated carbocycles. The molecule has 0 saturated heterocycles. The van der Waals surface area contributed by atoms with Gasteiger partial charge in [0, 0.05) is 38.9 Å². The Hall–Kier alpha value is -6.38. The fourth-order valence-corrected chi connectivity index (χ4v) is 8.52. The van der Waals surface area contributed by atoms with E-state index in [-0.39, 0.29) is 5.41 Å². The number of anilines is 3. The molecule has 1 aromatic heterocycles. The van der Waals surface area contributed by atoms with Gasteiger partial charge in [0.1, 0.15) is 0 Å². The molecule has 9 aromatic rings. The zero-order valence-electron chi connectivity index (χ0n) is 28.7. The third kappa shape index (κ3) is 4.57. The monoisotopic (exact) mass is 652 g/mol. The average molecular weight is 653 g/mol. The first-order valence-corrected chi connectivity index (χ1v) is 17.8. The Morgan fingerprint density at radius 3 is 1.96 bits per heavy atom. The zero-order chi connectivity index (χ0) is 34.1. The van der Waals surface area contributed by atoms with E-state index in [0.717, 1.165) is 22.7 Å². The van der Waals surface area contributed by atoms with Crippen LogP contribution in [0.1, 0.15) is 25.0 Å². The minimum Gasteiger partial charge on any atom is -0.310 e. The second-order valence-electron chi connectivity index (χ2n) is 14.2. The van der Waals surface area contributed by atoms with Crippen molar-refractivity contribution >= 4 is 49.6 Å². The van der Waals surface area contributed by atoms with Crippen LogP contribution in [0.3, 0.4) is 0 Å². The topological polar surface area (TPSA) is 8.17 Å². The van der Waals surface area contributed by atoms with E-state index in [1.54, 1.807) is 0 Å². The normalized spacial score (nSPS) is 13.1. The van der Waals surface area contributed by atoms with Gasteiger partial charge >= 0.3 is 0 Å². The average Bonchev–Trinajstić information content (AvgIpc) is 3.64. The molecule has 0 fully saturated rings. The van der Waals surface area contributed by atoms with E-state index in [9.17, 15) is 0 Å². The van der Waals surface area contributed by atoms with Gasteiger partial charge in [-0.15, -0.1) is 0 Å². The van der Waals surface area contributed by atoms with Crippen LogP contribution in [-0.4, -0.2) is 4.57 Å². The number of benzene rings is 8. The molecule has 2 nitrogen and oxygen atoms in total. The lowest BCUT2D eigenvalue weighted by atomic mass is 9.82. The molecule has 0 bridgehead atoms. The van der Waals surface area contributed by atoms with E-state index >= 15 is 0 Å². The maximum atomic E-state index is 2.44. The summed E-state index contributed by atoms with van der Waals surface area (Å²) in [5.74, 6) is 0. The fourth-order valence-electron chi connectivity index (χ4n) is 8.52. The molecule has 242 valence electrons. The first-order chi connectivity index (χ1) is 25.1. The van der Waals surface area contributed by atoms with E-state index in [0.29, 0.717) is 0 Å². The maximum absolute atomic E-state index is 2.44. The van der Waals surface area contributed by atoms with Gasteiger partial charge in [-0.1, -0.05) is 141 Å². The molecule has 1 aliphatic carbocycles. The highest BCUT2D eigenvalue weighted by atomic mass is 15.1. The van der Waals surface area contributed by atoms with E-state index in [2.05, 4.69) is 205 Å². The van der Waals surface area contributed by atoms with Gasteiger partial charge in [-0.2, -0.15) is 0 Å². The largest absolute Gasteiger partial charge is 0.310 e. The molecule has 0 radical (unpaired) electrons. The number of fused-ring (bicyclic) bond motifs is 8. The highest BCUT2D eigenvalue weighted by Crippen LogP contribution is 2.51. The fraction of sp³-hybridized carbons (Fsp3) is 0.0612. The predicted molar refractivity (Wildman–Crippen MR) is 216 cm³/mol. The standard InChI is InChI=1S/C49H36N2/c1-49(2)44-23-12-11-22-41(44)43-31-38(26-28-45(43)49)50(37-20-13-17-35(30-37)33-14-5-3-6-15-33)39-25-27-42-47(32-39)51(36-18-7-4-8-19-36)46-29-24-34-16-9-10-21-40(34)48(42)46/h3-32H,1-2H3. The number of hydrogen-bond donors (Lipinski definition) is 0. The van der Waals surface area contributed by atoms with Crippen LogP contribution in [0.15, 0.2) is 182 Å². The lowest BCUT2D eigenvalue weighted by Crippen LogP contribution is -2.15. The lowest BCUT2D eigenvalue weighted by Gasteiger charge is -2.28. The summed E-state index contributed by atoms with van der Waals surface area (Å²) >= 11 is 0. The van der Waals surface area contributed by atoms with Crippen molar-refractivity contribution in [3.8, 4) is 27.9 Å². The molecule has 8 aromatic carbocycles. The van der Waals surface area contributed by atoms with Crippen LogP contribution < -0.4 is 4.90 Å². The summed E-state index contributed by atoms with van der Waals surface area (Å²) in [5.41, 5.74) is 14.6. The van der Waals surface area contributed by atoms with Gasteiger partial charge in [-0.3, -0.25) is 0 Å². The first-order valence-electron chi connectivity index (χ1n) is 17.8. The van der Waals surface area contributed by atoms with Crippen molar-refractivity contribution in [1.82, 2.24) is 4.57 Å². The Labute approximate surface area is 298 Å². The molecular formula is C49H36N2. The number of hydrogen-bond acceptors (Lipinski definition) is 1. The third-order valence-electron chi connectivity index (χ3n) is 10.9. The summed E-state index contributed by atoms with van der Waals surface area (Å²) in [7, 11) is 0. The van der Waals surface area contributed by atoms with Crippen LogP contribution in [0.4, 0.5) is 17.1 Å². The highest BCUT2D eigenvalue weighted by molar-refractivity contribution is 6.21. The van der Waals surface area contributed by atoms with E-state index in [1.165, 1.54) is 66.0 Å². The highest BCUT2D eigenvalue weighted by Gasteiger charge is 2.35. The molecule has 51 heavy (non-hydrogen) atoms. The van der Waals surface area contributed by atoms with Crippen LogP contribution in [0, 0.1) is 0 Å². The minimum absolute atomic E-state index is 0.0547. The molecule has 0 spiro atoms. The van der Waals surface area contributed by atoms with Gasteiger partial charge in [-0.25, -0.2) is 0 Å². The quantitative estimate of drug-likeness (QED) is 0.180. The van der Waals surface area contributed by atoms with Crippen molar-refractivity contribution in [2.75, 3.05) is 4.90 Å². The van der Waals surface area contributed by atoms with Crippen molar-refractivity contribution in [3.05, 3.63) is 193 Å². The Morgan fingerprint density at radius 1 is 0.431 bits per heavy atom. The van der Waals surface area contributed by atoms with E-state index in [4.69, 9.17) is 0 Å². The van der Waals surface area contributed by atoms with Gasteiger partial charge in [0.15, 0.2) is 0 Å². The second-order valence-corrected chi connectivity index (χ2v) is 14.2. The molecule has 2 heteroatoms. The van der Waals surface area contributed by atoms with Gasteiger partial charge < -0.3 is 9.47 Å². The summed E-state index contributed by atoms with van der Waals surface area (Å²) in [6.07, 6.45) is 0. The van der Waals surface area contributed by atoms with Crippen molar-refractivity contribution < 1.29 is 0 Å². The minimum atomic E-state index is -0.0547. The Balaban J connectivity index is 1.25. The number of nitrogens with zero attached hydrogens (tertiary/aromatic N) is 2. The number of rotatable bonds is 5. The van der Waals surface area contributed by atoms with Crippen LogP contribution in [0.5, 0.6) is 0 Å². The molecule has 0 unspecified atom stereocenters. The summed E-state index contributed by atoms with van der Waals surface area (Å²) in [6.45, 7) is 4.69. The summed E-state index contributed by atoms with van der Waals surface area (Å²) in [5, 5.41) is 5.06. The van der Waals surface area contributed by atoms with Crippen molar-refractivity contribution in [1.29, 1.82) is 0 Å². The Morgan fingerprint density at radius 2 is 1.10 bits per heavy atom. The molecule has 0 aliphatic heterocycles. The molecule has 0 atom stereocenters. The summed E-state index contributed by atoms with van der Waals surface area (Å²) in [4.78, 5) is 2.44.